The lowest BCUT2D eigenvalue weighted by Gasteiger charge is -2.06. The molecule has 0 amide bonds. The molecule has 0 spiro atoms. The summed E-state index contributed by atoms with van der Waals surface area (Å²) in [6, 6.07) is 14.7. The van der Waals surface area contributed by atoms with Crippen LogP contribution in [0, 0.1) is 14.9 Å². The number of H-pyrrole nitrogens is 1. The number of fused-ring (bicyclic) bond motifs is 2. The number of halogens is 2. The molecule has 4 aromatic rings. The molecule has 2 aromatic carbocycles. The number of pyridine rings is 1. The van der Waals surface area contributed by atoms with Crippen LogP contribution in [0.3, 0.4) is 0 Å². The molecule has 29 heavy (non-hydrogen) atoms. The number of methoxy groups -OCH3 is 1. The van der Waals surface area contributed by atoms with Gasteiger partial charge in [0.2, 0.25) is 0 Å². The van der Waals surface area contributed by atoms with Gasteiger partial charge in [0.05, 0.1) is 29.1 Å². The quantitative estimate of drug-likeness (QED) is 0.241. The summed E-state index contributed by atoms with van der Waals surface area (Å²) >= 11 is 8.45. The van der Waals surface area contributed by atoms with E-state index in [1.807, 2.05) is 24.3 Å². The zero-order valence-corrected chi connectivity index (χ0v) is 17.9. The van der Waals surface area contributed by atoms with E-state index in [1.54, 1.807) is 31.4 Å². The molecule has 0 bridgehead atoms. The van der Waals surface area contributed by atoms with Crippen LogP contribution in [0.1, 0.15) is 11.4 Å². The van der Waals surface area contributed by atoms with Gasteiger partial charge in [-0.15, -0.1) is 0 Å². The fraction of sp³-hybridized carbons (Fsp3) is 0.0476. The SMILES string of the molecule is COc1ccc2nc(Cl)c(C=C(C#N)c3nc4ccc(I)cc4c(=O)[nH]3)cc2c1. The largest absolute Gasteiger partial charge is 0.497 e. The Labute approximate surface area is 184 Å². The molecule has 0 radical (unpaired) electrons. The van der Waals surface area contributed by atoms with Crippen molar-refractivity contribution in [2.75, 3.05) is 7.11 Å². The minimum atomic E-state index is -0.308. The number of hydrogen-bond donors (Lipinski definition) is 1. The van der Waals surface area contributed by atoms with E-state index in [-0.39, 0.29) is 22.1 Å². The number of nitrogens with zero attached hydrogens (tertiary/aromatic N) is 3. The highest BCUT2D eigenvalue weighted by Crippen LogP contribution is 2.27. The molecular weight excluding hydrogens is 503 g/mol. The molecule has 0 fully saturated rings. The van der Waals surface area contributed by atoms with Crippen LogP contribution in [-0.4, -0.2) is 22.1 Å². The van der Waals surface area contributed by atoms with Gasteiger partial charge in [0.15, 0.2) is 5.82 Å². The van der Waals surface area contributed by atoms with Crippen molar-refractivity contribution in [2.45, 2.75) is 0 Å². The second kappa shape index (κ2) is 7.81. The standard InChI is InChI=1S/C21H12ClIN4O2/c1-29-15-3-5-17-11(8-15)6-12(19(22)25-17)7-13(10-24)20-26-18-4-2-14(23)9-16(18)21(28)27-20/h2-9H,1H3,(H,26,27,28). The predicted molar refractivity (Wildman–Crippen MR) is 122 cm³/mol. The summed E-state index contributed by atoms with van der Waals surface area (Å²) in [6.07, 6.45) is 1.56. The molecule has 2 heterocycles. The van der Waals surface area contributed by atoms with Crippen molar-refractivity contribution in [1.82, 2.24) is 15.0 Å². The lowest BCUT2D eigenvalue weighted by Crippen LogP contribution is -2.11. The van der Waals surface area contributed by atoms with Gasteiger partial charge >= 0.3 is 0 Å². The Morgan fingerprint density at radius 3 is 2.76 bits per heavy atom. The first-order chi connectivity index (χ1) is 14.0. The van der Waals surface area contributed by atoms with Crippen molar-refractivity contribution in [1.29, 1.82) is 5.26 Å². The van der Waals surface area contributed by atoms with Crippen LogP contribution in [0.15, 0.2) is 47.3 Å². The first-order valence-corrected chi connectivity index (χ1v) is 9.90. The monoisotopic (exact) mass is 514 g/mol. The smallest absolute Gasteiger partial charge is 0.259 e. The molecule has 0 saturated carbocycles. The molecule has 8 heteroatoms. The fourth-order valence-electron chi connectivity index (χ4n) is 2.92. The van der Waals surface area contributed by atoms with Crippen molar-refractivity contribution in [3.05, 3.63) is 72.9 Å². The molecule has 142 valence electrons. The summed E-state index contributed by atoms with van der Waals surface area (Å²) in [7, 11) is 1.59. The summed E-state index contributed by atoms with van der Waals surface area (Å²) in [5.74, 6) is 0.861. The molecular formula is C21H12ClIN4O2. The second-order valence-corrected chi connectivity index (χ2v) is 7.78. The van der Waals surface area contributed by atoms with E-state index in [0.29, 0.717) is 27.7 Å². The van der Waals surface area contributed by atoms with Crippen molar-refractivity contribution < 1.29 is 4.74 Å². The van der Waals surface area contributed by atoms with Crippen LogP contribution in [0.2, 0.25) is 5.15 Å². The van der Waals surface area contributed by atoms with Crippen LogP contribution in [-0.2, 0) is 0 Å². The molecule has 4 rings (SSSR count). The fourth-order valence-corrected chi connectivity index (χ4v) is 3.61. The van der Waals surface area contributed by atoms with E-state index in [0.717, 1.165) is 8.96 Å². The highest BCUT2D eigenvalue weighted by Gasteiger charge is 2.11. The number of aromatic amines is 1. The Morgan fingerprint density at radius 1 is 1.21 bits per heavy atom. The number of ether oxygens (including phenoxy) is 1. The Morgan fingerprint density at radius 2 is 2.00 bits per heavy atom. The average molecular weight is 515 g/mol. The Balaban J connectivity index is 1.87. The lowest BCUT2D eigenvalue weighted by molar-refractivity contribution is 0.415. The topological polar surface area (TPSA) is 91.7 Å². The number of hydrogen-bond acceptors (Lipinski definition) is 5. The van der Waals surface area contributed by atoms with Gasteiger partial charge in [0, 0.05) is 14.5 Å². The lowest BCUT2D eigenvalue weighted by atomic mass is 10.1. The molecule has 0 aliphatic carbocycles. The number of aromatic nitrogens is 3. The van der Waals surface area contributed by atoms with Crippen molar-refractivity contribution in [3.63, 3.8) is 0 Å². The second-order valence-electron chi connectivity index (χ2n) is 6.17. The molecule has 2 aromatic heterocycles. The van der Waals surface area contributed by atoms with Gasteiger partial charge in [-0.3, -0.25) is 4.79 Å². The van der Waals surface area contributed by atoms with E-state index in [4.69, 9.17) is 16.3 Å². The van der Waals surface area contributed by atoms with E-state index < -0.39 is 0 Å². The van der Waals surface area contributed by atoms with E-state index in [1.165, 1.54) is 0 Å². The zero-order chi connectivity index (χ0) is 20.5. The third-order valence-corrected chi connectivity index (χ3v) is 5.32. The summed E-state index contributed by atoms with van der Waals surface area (Å²) in [5, 5.41) is 11.2. The van der Waals surface area contributed by atoms with Crippen molar-refractivity contribution >= 4 is 67.6 Å². The predicted octanol–water partition coefficient (Wildman–Crippen LogP) is 4.80. The van der Waals surface area contributed by atoms with Gasteiger partial charge in [-0.05, 0) is 71.1 Å². The molecule has 0 unspecified atom stereocenters. The van der Waals surface area contributed by atoms with Crippen LogP contribution >= 0.6 is 34.2 Å². The summed E-state index contributed by atoms with van der Waals surface area (Å²) < 4.78 is 6.17. The maximum absolute atomic E-state index is 12.4. The Bertz CT molecular complexity index is 1410. The number of benzene rings is 2. The van der Waals surface area contributed by atoms with E-state index in [2.05, 4.69) is 43.6 Å². The molecule has 0 aliphatic heterocycles. The first kappa shape index (κ1) is 19.4. The van der Waals surface area contributed by atoms with E-state index in [9.17, 15) is 10.1 Å². The van der Waals surface area contributed by atoms with Crippen molar-refractivity contribution in [2.24, 2.45) is 0 Å². The van der Waals surface area contributed by atoms with Crippen LogP contribution in [0.25, 0.3) is 33.5 Å². The van der Waals surface area contributed by atoms with Gasteiger partial charge in [-0.25, -0.2) is 9.97 Å². The Hall–Kier alpha value is -2.96. The van der Waals surface area contributed by atoms with Crippen LogP contribution in [0.4, 0.5) is 0 Å². The molecule has 0 saturated heterocycles. The van der Waals surface area contributed by atoms with Crippen molar-refractivity contribution in [3.8, 4) is 11.8 Å². The third kappa shape index (κ3) is 3.81. The van der Waals surface area contributed by atoms with Gasteiger partial charge in [0.25, 0.3) is 5.56 Å². The first-order valence-electron chi connectivity index (χ1n) is 8.44. The molecule has 0 aliphatic rings. The highest BCUT2D eigenvalue weighted by atomic mass is 127. The number of rotatable bonds is 3. The normalized spacial score (nSPS) is 11.6. The average Bonchev–Trinajstić information content (AvgIpc) is 2.72. The summed E-state index contributed by atoms with van der Waals surface area (Å²) in [6.45, 7) is 0. The molecule has 6 nitrogen and oxygen atoms in total. The summed E-state index contributed by atoms with van der Waals surface area (Å²) in [4.78, 5) is 23.9. The van der Waals surface area contributed by atoms with Crippen LogP contribution < -0.4 is 10.3 Å². The Kier molecular flexibility index (Phi) is 5.22. The van der Waals surface area contributed by atoms with Gasteiger partial charge in [0.1, 0.15) is 17.0 Å². The van der Waals surface area contributed by atoms with Gasteiger partial charge in [-0.2, -0.15) is 5.26 Å². The van der Waals surface area contributed by atoms with Crippen LogP contribution in [0.5, 0.6) is 5.75 Å². The number of nitriles is 1. The maximum atomic E-state index is 12.4. The minimum Gasteiger partial charge on any atom is -0.497 e. The third-order valence-electron chi connectivity index (χ3n) is 4.35. The van der Waals surface area contributed by atoms with Gasteiger partial charge < -0.3 is 9.72 Å². The number of allylic oxidation sites excluding steroid dienone is 1. The molecule has 0 atom stereocenters. The summed E-state index contributed by atoms with van der Waals surface area (Å²) in [5.41, 5.74) is 1.62. The molecule has 1 N–H and O–H groups in total. The van der Waals surface area contributed by atoms with E-state index >= 15 is 0 Å². The number of nitrogens with one attached hydrogen (secondary N) is 1. The zero-order valence-electron chi connectivity index (χ0n) is 15.0. The van der Waals surface area contributed by atoms with Gasteiger partial charge in [-0.1, -0.05) is 11.6 Å². The minimum absolute atomic E-state index is 0.174. The highest BCUT2D eigenvalue weighted by molar-refractivity contribution is 14.1. The maximum Gasteiger partial charge on any atom is 0.259 e.